The number of benzene rings is 1. The predicted octanol–water partition coefficient (Wildman–Crippen LogP) is 2.24. The number of aromatic nitrogens is 1. The summed E-state index contributed by atoms with van der Waals surface area (Å²) in [5, 5.41) is 0. The van der Waals surface area contributed by atoms with Gasteiger partial charge in [0.1, 0.15) is 0 Å². The van der Waals surface area contributed by atoms with Crippen LogP contribution in [-0.4, -0.2) is 4.98 Å². The van der Waals surface area contributed by atoms with Gasteiger partial charge in [-0.1, -0.05) is 30.3 Å². The molecule has 0 radical (unpaired) electrons. The standard InChI is InChI=1S/C12H14N2O/c1-2-4-11(5-3-1)10-15-14-9-12-6-7-13-8-12/h1-8,13-14H,9-10H2. The molecule has 0 spiro atoms. The SMILES string of the molecule is c1ccc(CONCc2cc[nH]c2)cc1. The average molecular weight is 202 g/mol. The van der Waals surface area contributed by atoms with Crippen molar-refractivity contribution in [1.82, 2.24) is 10.5 Å². The summed E-state index contributed by atoms with van der Waals surface area (Å²) in [6.45, 7) is 1.31. The van der Waals surface area contributed by atoms with E-state index in [0.717, 1.165) is 6.54 Å². The number of H-pyrrole nitrogens is 1. The molecule has 0 aliphatic heterocycles. The van der Waals surface area contributed by atoms with Crippen molar-refractivity contribution in [2.45, 2.75) is 13.2 Å². The van der Waals surface area contributed by atoms with Gasteiger partial charge in [-0.15, -0.1) is 0 Å². The van der Waals surface area contributed by atoms with Crippen LogP contribution in [0.4, 0.5) is 0 Å². The Morgan fingerprint density at radius 1 is 1.07 bits per heavy atom. The van der Waals surface area contributed by atoms with Gasteiger partial charge in [-0.05, 0) is 17.2 Å². The predicted molar refractivity (Wildman–Crippen MR) is 58.9 cm³/mol. The highest BCUT2D eigenvalue weighted by Gasteiger charge is 1.93. The van der Waals surface area contributed by atoms with Crippen molar-refractivity contribution in [3.8, 4) is 0 Å². The molecule has 1 aromatic heterocycles. The van der Waals surface area contributed by atoms with Gasteiger partial charge in [-0.25, -0.2) is 0 Å². The second kappa shape index (κ2) is 5.34. The quantitative estimate of drug-likeness (QED) is 0.576. The topological polar surface area (TPSA) is 37.0 Å². The largest absolute Gasteiger partial charge is 0.367 e. The third-order valence-electron chi connectivity index (χ3n) is 2.12. The molecule has 2 rings (SSSR count). The fraction of sp³-hybridized carbons (Fsp3) is 0.167. The van der Waals surface area contributed by atoms with Gasteiger partial charge in [-0.3, -0.25) is 4.84 Å². The molecule has 15 heavy (non-hydrogen) atoms. The van der Waals surface area contributed by atoms with Crippen LogP contribution in [0.5, 0.6) is 0 Å². The number of rotatable bonds is 5. The Morgan fingerprint density at radius 2 is 1.93 bits per heavy atom. The normalized spacial score (nSPS) is 10.4. The van der Waals surface area contributed by atoms with Crippen molar-refractivity contribution in [2.24, 2.45) is 0 Å². The Kier molecular flexibility index (Phi) is 3.54. The van der Waals surface area contributed by atoms with E-state index in [1.165, 1.54) is 11.1 Å². The summed E-state index contributed by atoms with van der Waals surface area (Å²) in [5.74, 6) is 0. The van der Waals surface area contributed by atoms with Gasteiger partial charge < -0.3 is 4.98 Å². The summed E-state index contributed by atoms with van der Waals surface area (Å²) in [5.41, 5.74) is 5.27. The number of aromatic amines is 1. The minimum absolute atomic E-state index is 0.589. The Morgan fingerprint density at radius 3 is 2.67 bits per heavy atom. The smallest absolute Gasteiger partial charge is 0.0933 e. The van der Waals surface area contributed by atoms with Gasteiger partial charge >= 0.3 is 0 Å². The van der Waals surface area contributed by atoms with Crippen molar-refractivity contribution in [2.75, 3.05) is 0 Å². The molecule has 0 saturated heterocycles. The fourth-order valence-corrected chi connectivity index (χ4v) is 1.31. The lowest BCUT2D eigenvalue weighted by molar-refractivity contribution is 0.0235. The molecule has 0 saturated carbocycles. The van der Waals surface area contributed by atoms with Gasteiger partial charge in [0.05, 0.1) is 6.61 Å². The molecule has 3 heteroatoms. The summed E-state index contributed by atoms with van der Waals surface area (Å²) in [4.78, 5) is 8.32. The van der Waals surface area contributed by atoms with E-state index in [1.54, 1.807) is 0 Å². The van der Waals surface area contributed by atoms with Gasteiger partial charge in [0.25, 0.3) is 0 Å². The van der Waals surface area contributed by atoms with E-state index in [1.807, 2.05) is 48.8 Å². The van der Waals surface area contributed by atoms with E-state index in [9.17, 15) is 0 Å². The molecule has 0 amide bonds. The van der Waals surface area contributed by atoms with Gasteiger partial charge in [0.2, 0.25) is 0 Å². The number of nitrogens with one attached hydrogen (secondary N) is 2. The average Bonchev–Trinajstić information content (AvgIpc) is 2.79. The van der Waals surface area contributed by atoms with Crippen LogP contribution < -0.4 is 5.48 Å². The molecule has 0 aliphatic rings. The first-order valence-corrected chi connectivity index (χ1v) is 4.95. The number of hydrogen-bond donors (Lipinski definition) is 2. The highest BCUT2D eigenvalue weighted by molar-refractivity contribution is 5.13. The molecule has 78 valence electrons. The van der Waals surface area contributed by atoms with Crippen LogP contribution in [0.25, 0.3) is 0 Å². The van der Waals surface area contributed by atoms with Crippen LogP contribution >= 0.6 is 0 Å². The summed E-state index contributed by atoms with van der Waals surface area (Å²) in [6.07, 6.45) is 3.84. The molecular formula is C12H14N2O. The Balaban J connectivity index is 1.68. The number of hydrogen-bond acceptors (Lipinski definition) is 2. The number of hydroxylamine groups is 1. The van der Waals surface area contributed by atoms with Crippen LogP contribution in [0.2, 0.25) is 0 Å². The van der Waals surface area contributed by atoms with E-state index in [2.05, 4.69) is 10.5 Å². The molecule has 1 heterocycles. The zero-order chi connectivity index (χ0) is 10.3. The second-order valence-electron chi connectivity index (χ2n) is 3.31. The van der Waals surface area contributed by atoms with Gasteiger partial charge in [0, 0.05) is 18.9 Å². The lowest BCUT2D eigenvalue weighted by Gasteiger charge is -2.04. The first-order chi connectivity index (χ1) is 7.45. The minimum atomic E-state index is 0.589. The maximum Gasteiger partial charge on any atom is 0.0933 e. The molecular weight excluding hydrogens is 188 g/mol. The molecule has 2 aromatic rings. The molecule has 0 fully saturated rings. The molecule has 0 bridgehead atoms. The highest BCUT2D eigenvalue weighted by Crippen LogP contribution is 2.00. The zero-order valence-corrected chi connectivity index (χ0v) is 8.44. The van der Waals surface area contributed by atoms with Gasteiger partial charge in [-0.2, -0.15) is 5.48 Å². The molecule has 0 unspecified atom stereocenters. The Hall–Kier alpha value is -1.58. The third kappa shape index (κ3) is 3.23. The molecule has 1 aromatic carbocycles. The summed E-state index contributed by atoms with van der Waals surface area (Å²) >= 11 is 0. The zero-order valence-electron chi connectivity index (χ0n) is 8.44. The molecule has 0 aliphatic carbocycles. The lowest BCUT2D eigenvalue weighted by atomic mass is 10.2. The molecule has 0 atom stereocenters. The molecule has 3 nitrogen and oxygen atoms in total. The van der Waals surface area contributed by atoms with Crippen LogP contribution in [0.1, 0.15) is 11.1 Å². The first kappa shape index (κ1) is 9.96. The van der Waals surface area contributed by atoms with Crippen LogP contribution in [0, 0.1) is 0 Å². The Labute approximate surface area is 89.0 Å². The van der Waals surface area contributed by atoms with E-state index in [-0.39, 0.29) is 0 Å². The third-order valence-corrected chi connectivity index (χ3v) is 2.12. The second-order valence-corrected chi connectivity index (χ2v) is 3.31. The van der Waals surface area contributed by atoms with Gasteiger partial charge in [0.15, 0.2) is 0 Å². The maximum absolute atomic E-state index is 5.33. The van der Waals surface area contributed by atoms with Crippen molar-refractivity contribution >= 4 is 0 Å². The van der Waals surface area contributed by atoms with Crippen LogP contribution in [0.15, 0.2) is 48.8 Å². The van der Waals surface area contributed by atoms with Crippen molar-refractivity contribution < 1.29 is 4.84 Å². The van der Waals surface area contributed by atoms with E-state index >= 15 is 0 Å². The van der Waals surface area contributed by atoms with E-state index in [4.69, 9.17) is 4.84 Å². The highest BCUT2D eigenvalue weighted by atomic mass is 16.6. The summed E-state index contributed by atoms with van der Waals surface area (Å²) < 4.78 is 0. The monoisotopic (exact) mass is 202 g/mol. The van der Waals surface area contributed by atoms with Crippen molar-refractivity contribution in [3.05, 3.63) is 59.9 Å². The summed E-state index contributed by atoms with van der Waals surface area (Å²) in [7, 11) is 0. The summed E-state index contributed by atoms with van der Waals surface area (Å²) in [6, 6.07) is 12.1. The van der Waals surface area contributed by atoms with Crippen LogP contribution in [0.3, 0.4) is 0 Å². The molecule has 2 N–H and O–H groups in total. The van der Waals surface area contributed by atoms with E-state index < -0.39 is 0 Å². The lowest BCUT2D eigenvalue weighted by Crippen LogP contribution is -2.13. The first-order valence-electron chi connectivity index (χ1n) is 4.95. The maximum atomic E-state index is 5.33. The Bertz CT molecular complexity index is 370. The minimum Gasteiger partial charge on any atom is -0.367 e. The van der Waals surface area contributed by atoms with Crippen molar-refractivity contribution in [3.63, 3.8) is 0 Å². The fourth-order valence-electron chi connectivity index (χ4n) is 1.31. The van der Waals surface area contributed by atoms with Crippen molar-refractivity contribution in [1.29, 1.82) is 0 Å². The van der Waals surface area contributed by atoms with Crippen LogP contribution in [-0.2, 0) is 18.0 Å². The van der Waals surface area contributed by atoms with E-state index in [0.29, 0.717) is 6.61 Å².